The first-order chi connectivity index (χ1) is 6.66. The maximum absolute atomic E-state index is 11.5. The van der Waals surface area contributed by atoms with Crippen molar-refractivity contribution >= 4 is 11.8 Å². The van der Waals surface area contributed by atoms with Gasteiger partial charge in [0.05, 0.1) is 12.5 Å². The number of carbonyl (C=O) groups excluding carboxylic acids is 1. The largest absolute Gasteiger partial charge is 0.480 e. The molecule has 0 aromatic heterocycles. The normalized spacial score (nSPS) is 26.1. The average Bonchev–Trinajstić information content (AvgIpc) is 2.18. The molecule has 0 aromatic rings. The Kier molecular flexibility index (Phi) is 3.73. The van der Waals surface area contributed by atoms with E-state index in [0.29, 0.717) is 19.4 Å². The molecular formula is C9H14N2O3. The second-order valence-corrected chi connectivity index (χ2v) is 3.38. The summed E-state index contributed by atoms with van der Waals surface area (Å²) in [6, 6.07) is -0.956. The fourth-order valence-electron chi connectivity index (χ4n) is 1.57. The maximum Gasteiger partial charge on any atom is 0.331 e. The zero-order valence-corrected chi connectivity index (χ0v) is 8.14. The molecule has 1 rings (SSSR count). The van der Waals surface area contributed by atoms with Crippen LogP contribution in [0.2, 0.25) is 0 Å². The Morgan fingerprint density at radius 1 is 1.50 bits per heavy atom. The minimum Gasteiger partial charge on any atom is -0.480 e. The first-order valence-corrected chi connectivity index (χ1v) is 4.79. The van der Waals surface area contributed by atoms with Gasteiger partial charge in [0.2, 0.25) is 0 Å². The standard InChI is InChI=1S/C9H14N2O3/c1-2-3-7(12)6-4-5-10-11-8(6)9(13)14/h6,8H,2-5H2,1H3,(H,13,14). The number of hydrogen-bond acceptors (Lipinski definition) is 4. The van der Waals surface area contributed by atoms with Crippen molar-refractivity contribution in [3.8, 4) is 0 Å². The van der Waals surface area contributed by atoms with Gasteiger partial charge in [-0.25, -0.2) is 4.79 Å². The lowest BCUT2D eigenvalue weighted by Gasteiger charge is -2.21. The molecular weight excluding hydrogens is 184 g/mol. The molecule has 14 heavy (non-hydrogen) atoms. The van der Waals surface area contributed by atoms with E-state index in [1.165, 1.54) is 0 Å². The molecule has 0 aromatic carbocycles. The van der Waals surface area contributed by atoms with Gasteiger partial charge in [0, 0.05) is 6.42 Å². The van der Waals surface area contributed by atoms with E-state index in [1.54, 1.807) is 0 Å². The Morgan fingerprint density at radius 3 is 2.79 bits per heavy atom. The topological polar surface area (TPSA) is 79.1 Å². The van der Waals surface area contributed by atoms with Gasteiger partial charge in [-0.05, 0) is 12.8 Å². The van der Waals surface area contributed by atoms with Crippen LogP contribution in [0, 0.1) is 5.92 Å². The molecule has 5 nitrogen and oxygen atoms in total. The van der Waals surface area contributed by atoms with Crippen molar-refractivity contribution in [2.75, 3.05) is 6.54 Å². The summed E-state index contributed by atoms with van der Waals surface area (Å²) in [5.74, 6) is -1.52. The van der Waals surface area contributed by atoms with Crippen molar-refractivity contribution in [1.82, 2.24) is 0 Å². The summed E-state index contributed by atoms with van der Waals surface area (Å²) < 4.78 is 0. The lowest BCUT2D eigenvalue weighted by molar-refractivity contribution is -0.143. The monoisotopic (exact) mass is 198 g/mol. The van der Waals surface area contributed by atoms with Gasteiger partial charge in [-0.15, -0.1) is 0 Å². The lowest BCUT2D eigenvalue weighted by Crippen LogP contribution is -2.35. The molecule has 0 amide bonds. The molecule has 0 saturated heterocycles. The van der Waals surface area contributed by atoms with Crippen LogP contribution in [-0.4, -0.2) is 29.4 Å². The minimum atomic E-state index is -1.05. The highest BCUT2D eigenvalue weighted by Gasteiger charge is 2.34. The molecule has 0 fully saturated rings. The number of carboxylic acid groups (broad SMARTS) is 1. The average molecular weight is 198 g/mol. The van der Waals surface area contributed by atoms with Crippen molar-refractivity contribution in [3.63, 3.8) is 0 Å². The molecule has 0 radical (unpaired) electrons. The number of carbonyl (C=O) groups is 2. The molecule has 2 unspecified atom stereocenters. The first-order valence-electron chi connectivity index (χ1n) is 4.79. The van der Waals surface area contributed by atoms with Crippen LogP contribution >= 0.6 is 0 Å². The van der Waals surface area contributed by atoms with Crippen molar-refractivity contribution in [3.05, 3.63) is 0 Å². The molecule has 0 saturated carbocycles. The zero-order valence-electron chi connectivity index (χ0n) is 8.14. The van der Waals surface area contributed by atoms with E-state index in [2.05, 4.69) is 10.2 Å². The van der Waals surface area contributed by atoms with E-state index >= 15 is 0 Å². The van der Waals surface area contributed by atoms with Crippen molar-refractivity contribution in [1.29, 1.82) is 0 Å². The Bertz CT molecular complexity index is 263. The van der Waals surface area contributed by atoms with E-state index in [0.717, 1.165) is 6.42 Å². The van der Waals surface area contributed by atoms with Crippen molar-refractivity contribution < 1.29 is 14.7 Å². The molecule has 2 atom stereocenters. The smallest absolute Gasteiger partial charge is 0.331 e. The third-order valence-corrected chi connectivity index (χ3v) is 2.29. The van der Waals surface area contributed by atoms with E-state index < -0.39 is 17.9 Å². The summed E-state index contributed by atoms with van der Waals surface area (Å²) in [6.45, 7) is 2.36. The molecule has 1 aliphatic heterocycles. The van der Waals surface area contributed by atoms with Gasteiger partial charge in [0.25, 0.3) is 0 Å². The number of azo groups is 1. The van der Waals surface area contributed by atoms with Gasteiger partial charge in [-0.3, -0.25) is 4.79 Å². The third kappa shape index (κ3) is 2.37. The molecule has 0 aliphatic carbocycles. The fraction of sp³-hybridized carbons (Fsp3) is 0.778. The summed E-state index contributed by atoms with van der Waals surface area (Å²) in [7, 11) is 0. The Labute approximate surface area is 82.2 Å². The van der Waals surface area contributed by atoms with Crippen molar-refractivity contribution in [2.45, 2.75) is 32.2 Å². The highest BCUT2D eigenvalue weighted by Crippen LogP contribution is 2.21. The Balaban J connectivity index is 2.70. The molecule has 1 N–H and O–H groups in total. The zero-order chi connectivity index (χ0) is 10.6. The Morgan fingerprint density at radius 2 is 2.21 bits per heavy atom. The number of Topliss-reactive ketones (excluding diaryl/α,β-unsaturated/α-hetero) is 1. The van der Waals surface area contributed by atoms with Gasteiger partial charge in [-0.1, -0.05) is 6.92 Å². The molecule has 1 aliphatic rings. The van der Waals surface area contributed by atoms with Gasteiger partial charge < -0.3 is 5.11 Å². The highest BCUT2D eigenvalue weighted by atomic mass is 16.4. The van der Waals surface area contributed by atoms with Gasteiger partial charge in [-0.2, -0.15) is 10.2 Å². The summed E-state index contributed by atoms with van der Waals surface area (Å²) in [6.07, 6.45) is 1.70. The fourth-order valence-corrected chi connectivity index (χ4v) is 1.57. The van der Waals surface area contributed by atoms with Crippen LogP contribution in [0.4, 0.5) is 0 Å². The predicted octanol–water partition coefficient (Wildman–Crippen LogP) is 1.28. The number of carboxylic acids is 1. The summed E-state index contributed by atoms with van der Waals surface area (Å²) >= 11 is 0. The summed E-state index contributed by atoms with van der Waals surface area (Å²) in [5.41, 5.74) is 0. The van der Waals surface area contributed by atoms with Crippen LogP contribution in [0.3, 0.4) is 0 Å². The number of hydrogen-bond donors (Lipinski definition) is 1. The minimum absolute atomic E-state index is 0.00134. The van der Waals surface area contributed by atoms with Crippen LogP contribution in [0.15, 0.2) is 10.2 Å². The second kappa shape index (κ2) is 4.83. The van der Waals surface area contributed by atoms with E-state index in [9.17, 15) is 9.59 Å². The van der Waals surface area contributed by atoms with Crippen LogP contribution in [0.5, 0.6) is 0 Å². The van der Waals surface area contributed by atoms with Crippen LogP contribution in [0.25, 0.3) is 0 Å². The number of aliphatic carboxylic acids is 1. The van der Waals surface area contributed by atoms with Gasteiger partial charge in [0.15, 0.2) is 6.04 Å². The number of nitrogens with zero attached hydrogens (tertiary/aromatic N) is 2. The molecule has 1 heterocycles. The van der Waals surface area contributed by atoms with E-state index in [-0.39, 0.29) is 5.78 Å². The van der Waals surface area contributed by atoms with Crippen molar-refractivity contribution in [2.24, 2.45) is 16.1 Å². The van der Waals surface area contributed by atoms with Gasteiger partial charge >= 0.3 is 5.97 Å². The third-order valence-electron chi connectivity index (χ3n) is 2.29. The highest BCUT2D eigenvalue weighted by molar-refractivity contribution is 5.88. The van der Waals surface area contributed by atoms with Crippen LogP contribution < -0.4 is 0 Å². The van der Waals surface area contributed by atoms with E-state index in [4.69, 9.17) is 5.11 Å². The quantitative estimate of drug-likeness (QED) is 0.738. The molecule has 0 bridgehead atoms. The summed E-state index contributed by atoms with van der Waals surface area (Å²) in [5, 5.41) is 16.1. The number of ketones is 1. The van der Waals surface area contributed by atoms with Crippen LogP contribution in [-0.2, 0) is 9.59 Å². The molecule has 5 heteroatoms. The second-order valence-electron chi connectivity index (χ2n) is 3.38. The van der Waals surface area contributed by atoms with Crippen LogP contribution in [0.1, 0.15) is 26.2 Å². The molecule has 0 spiro atoms. The SMILES string of the molecule is CCCC(=O)C1CCN=NC1C(=O)O. The summed E-state index contributed by atoms with van der Waals surface area (Å²) in [4.78, 5) is 22.3. The Hall–Kier alpha value is -1.26. The first kappa shape index (κ1) is 10.8. The van der Waals surface area contributed by atoms with E-state index in [1.807, 2.05) is 6.92 Å². The maximum atomic E-state index is 11.5. The van der Waals surface area contributed by atoms with Gasteiger partial charge in [0.1, 0.15) is 5.78 Å². The lowest BCUT2D eigenvalue weighted by atomic mass is 9.89. The predicted molar refractivity (Wildman–Crippen MR) is 49.2 cm³/mol. The molecule has 78 valence electrons. The number of rotatable bonds is 4.